The highest BCUT2D eigenvalue weighted by Crippen LogP contribution is 1.94. The molecule has 2 N–H and O–H groups in total. The molecule has 0 amide bonds. The average Bonchev–Trinajstić information content (AvgIpc) is 2.12. The predicted molar refractivity (Wildman–Crippen MR) is 49.0 cm³/mol. The molecule has 4 heteroatoms. The molecule has 0 radical (unpaired) electrons. The van der Waals surface area contributed by atoms with E-state index in [9.17, 15) is 9.59 Å². The third-order valence-corrected chi connectivity index (χ3v) is 1.38. The summed E-state index contributed by atoms with van der Waals surface area (Å²) in [6, 6.07) is -0.438. The van der Waals surface area contributed by atoms with Gasteiger partial charge in [0, 0.05) is 6.08 Å². The summed E-state index contributed by atoms with van der Waals surface area (Å²) >= 11 is 0. The van der Waals surface area contributed by atoms with E-state index in [4.69, 9.17) is 5.73 Å². The predicted octanol–water partition coefficient (Wildman–Crippen LogP) is 0.412. The molecule has 74 valence electrons. The minimum atomic E-state index is -0.438. The van der Waals surface area contributed by atoms with Crippen LogP contribution in [0.1, 0.15) is 19.8 Å². The van der Waals surface area contributed by atoms with Gasteiger partial charge in [0.2, 0.25) is 0 Å². The first-order valence-electron chi connectivity index (χ1n) is 4.24. The molecule has 0 spiro atoms. The molecule has 0 aromatic heterocycles. The van der Waals surface area contributed by atoms with Crippen LogP contribution in [0.15, 0.2) is 12.2 Å². The lowest BCUT2D eigenvalue weighted by molar-refractivity contribution is -0.137. The summed E-state index contributed by atoms with van der Waals surface area (Å²) in [5.74, 6) is -0.359. The molecular weight excluding hydrogens is 170 g/mol. The van der Waals surface area contributed by atoms with E-state index in [1.165, 1.54) is 6.08 Å². The Labute approximate surface area is 77.7 Å². The average molecular weight is 185 g/mol. The van der Waals surface area contributed by atoms with Gasteiger partial charge >= 0.3 is 5.97 Å². The number of aldehydes is 1. The van der Waals surface area contributed by atoms with E-state index in [0.29, 0.717) is 25.7 Å². The molecule has 1 unspecified atom stereocenters. The summed E-state index contributed by atoms with van der Waals surface area (Å²) in [5, 5.41) is 0. The normalized spacial score (nSPS) is 12.8. The summed E-state index contributed by atoms with van der Waals surface area (Å²) in [5.41, 5.74) is 5.33. The van der Waals surface area contributed by atoms with Crippen molar-refractivity contribution in [2.24, 2.45) is 5.73 Å². The third-order valence-electron chi connectivity index (χ3n) is 1.38. The minimum Gasteiger partial charge on any atom is -0.463 e. The molecule has 0 aliphatic heterocycles. The van der Waals surface area contributed by atoms with Crippen molar-refractivity contribution in [3.8, 4) is 0 Å². The number of hydrogen-bond acceptors (Lipinski definition) is 4. The molecule has 1 atom stereocenters. The SMILES string of the molecule is CCOC(=O)C=CCCC(N)C=O. The smallest absolute Gasteiger partial charge is 0.330 e. The number of esters is 1. The van der Waals surface area contributed by atoms with E-state index in [0.717, 1.165) is 0 Å². The molecule has 0 saturated carbocycles. The van der Waals surface area contributed by atoms with Gasteiger partial charge in [0.1, 0.15) is 6.29 Å². The van der Waals surface area contributed by atoms with Gasteiger partial charge in [0.05, 0.1) is 12.6 Å². The van der Waals surface area contributed by atoms with Gasteiger partial charge < -0.3 is 15.3 Å². The fraction of sp³-hybridized carbons (Fsp3) is 0.556. The molecule has 13 heavy (non-hydrogen) atoms. The molecule has 0 aromatic carbocycles. The first kappa shape index (κ1) is 11.8. The number of nitrogens with two attached hydrogens (primary N) is 1. The van der Waals surface area contributed by atoms with Crippen LogP contribution in [0, 0.1) is 0 Å². The highest BCUT2D eigenvalue weighted by Gasteiger charge is 1.97. The lowest BCUT2D eigenvalue weighted by Crippen LogP contribution is -2.20. The van der Waals surface area contributed by atoms with Crippen molar-refractivity contribution in [3.05, 3.63) is 12.2 Å². The fourth-order valence-corrected chi connectivity index (χ4v) is 0.727. The van der Waals surface area contributed by atoms with Crippen molar-refractivity contribution >= 4 is 12.3 Å². The Hall–Kier alpha value is -1.16. The Kier molecular flexibility index (Phi) is 6.82. The molecule has 0 fully saturated rings. The summed E-state index contributed by atoms with van der Waals surface area (Å²) in [4.78, 5) is 20.8. The van der Waals surface area contributed by atoms with Gasteiger partial charge in [-0.3, -0.25) is 0 Å². The minimum absolute atomic E-state index is 0.359. The van der Waals surface area contributed by atoms with E-state index < -0.39 is 6.04 Å². The maximum Gasteiger partial charge on any atom is 0.330 e. The van der Waals surface area contributed by atoms with Gasteiger partial charge in [0.25, 0.3) is 0 Å². The van der Waals surface area contributed by atoms with Gasteiger partial charge in [0.15, 0.2) is 0 Å². The summed E-state index contributed by atoms with van der Waals surface area (Å²) in [6.45, 7) is 2.12. The van der Waals surface area contributed by atoms with Crippen molar-refractivity contribution in [2.75, 3.05) is 6.61 Å². The van der Waals surface area contributed by atoms with Crippen LogP contribution in [0.4, 0.5) is 0 Å². The van der Waals surface area contributed by atoms with Crippen LogP contribution < -0.4 is 5.73 Å². The first-order valence-corrected chi connectivity index (χ1v) is 4.24. The monoisotopic (exact) mass is 185 g/mol. The summed E-state index contributed by atoms with van der Waals surface area (Å²) in [6.07, 6.45) is 4.86. The second-order valence-corrected chi connectivity index (χ2v) is 2.53. The zero-order valence-electron chi connectivity index (χ0n) is 7.73. The number of carbonyl (C=O) groups excluding carboxylic acids is 2. The van der Waals surface area contributed by atoms with Crippen LogP contribution in [0.25, 0.3) is 0 Å². The Morgan fingerprint density at radius 1 is 1.62 bits per heavy atom. The highest BCUT2D eigenvalue weighted by atomic mass is 16.5. The molecule has 0 aliphatic rings. The molecule has 4 nitrogen and oxygen atoms in total. The Morgan fingerprint density at radius 3 is 2.85 bits per heavy atom. The second-order valence-electron chi connectivity index (χ2n) is 2.53. The van der Waals surface area contributed by atoms with Crippen LogP contribution in [0.2, 0.25) is 0 Å². The molecule has 0 heterocycles. The standard InChI is InChI=1S/C9H15NO3/c1-2-13-9(12)6-4-3-5-8(10)7-11/h4,6-8H,2-3,5,10H2,1H3. The van der Waals surface area contributed by atoms with Gasteiger partial charge in [-0.1, -0.05) is 6.08 Å². The van der Waals surface area contributed by atoms with Crippen LogP contribution in [-0.2, 0) is 14.3 Å². The fourth-order valence-electron chi connectivity index (χ4n) is 0.727. The van der Waals surface area contributed by atoms with E-state index in [2.05, 4.69) is 4.74 Å². The van der Waals surface area contributed by atoms with Crippen molar-refractivity contribution in [3.63, 3.8) is 0 Å². The van der Waals surface area contributed by atoms with Crippen LogP contribution >= 0.6 is 0 Å². The maximum atomic E-state index is 10.7. The zero-order valence-corrected chi connectivity index (χ0v) is 7.73. The topological polar surface area (TPSA) is 69.4 Å². The van der Waals surface area contributed by atoms with Gasteiger partial charge in [-0.2, -0.15) is 0 Å². The summed E-state index contributed by atoms with van der Waals surface area (Å²) in [7, 11) is 0. The molecular formula is C9H15NO3. The van der Waals surface area contributed by atoms with Crippen molar-refractivity contribution < 1.29 is 14.3 Å². The van der Waals surface area contributed by atoms with Crippen molar-refractivity contribution in [1.29, 1.82) is 0 Å². The zero-order chi connectivity index (χ0) is 10.1. The number of carbonyl (C=O) groups is 2. The number of rotatable bonds is 6. The lowest BCUT2D eigenvalue weighted by Gasteiger charge is -1.98. The maximum absolute atomic E-state index is 10.7. The largest absolute Gasteiger partial charge is 0.463 e. The quantitative estimate of drug-likeness (QED) is 0.369. The molecule has 0 aliphatic carbocycles. The molecule has 0 rings (SSSR count). The number of allylic oxidation sites excluding steroid dienone is 1. The van der Waals surface area contributed by atoms with Crippen molar-refractivity contribution in [2.45, 2.75) is 25.8 Å². The van der Waals surface area contributed by atoms with Gasteiger partial charge in [-0.25, -0.2) is 4.79 Å². The van der Waals surface area contributed by atoms with Crippen LogP contribution in [-0.4, -0.2) is 24.9 Å². The van der Waals surface area contributed by atoms with E-state index in [-0.39, 0.29) is 5.97 Å². The third kappa shape index (κ3) is 7.21. The second kappa shape index (κ2) is 7.49. The molecule has 0 bridgehead atoms. The van der Waals surface area contributed by atoms with E-state index in [1.54, 1.807) is 13.0 Å². The number of hydrogen-bond donors (Lipinski definition) is 1. The van der Waals surface area contributed by atoms with E-state index >= 15 is 0 Å². The molecule has 0 aromatic rings. The molecule has 0 saturated heterocycles. The Bertz CT molecular complexity index is 189. The lowest BCUT2D eigenvalue weighted by atomic mass is 10.2. The van der Waals surface area contributed by atoms with E-state index in [1.807, 2.05) is 0 Å². The van der Waals surface area contributed by atoms with Gasteiger partial charge in [-0.05, 0) is 19.8 Å². The van der Waals surface area contributed by atoms with Gasteiger partial charge in [-0.15, -0.1) is 0 Å². The van der Waals surface area contributed by atoms with Crippen molar-refractivity contribution in [1.82, 2.24) is 0 Å². The van der Waals surface area contributed by atoms with Crippen LogP contribution in [0.5, 0.6) is 0 Å². The highest BCUT2D eigenvalue weighted by molar-refractivity contribution is 5.81. The Morgan fingerprint density at radius 2 is 2.31 bits per heavy atom. The first-order chi connectivity index (χ1) is 6.20. The number of ether oxygens (including phenoxy) is 1. The van der Waals surface area contributed by atoms with Crippen LogP contribution in [0.3, 0.4) is 0 Å². The summed E-state index contributed by atoms with van der Waals surface area (Å²) < 4.78 is 4.65. The Balaban J connectivity index is 3.51.